The first-order valence-electron chi connectivity index (χ1n) is 10.6. The van der Waals surface area contributed by atoms with Gasteiger partial charge in [0, 0.05) is 17.0 Å². The smallest absolute Gasteiger partial charge is 0.271 e. The van der Waals surface area contributed by atoms with Crippen LogP contribution >= 0.6 is 0 Å². The number of aromatic nitrogens is 4. The zero-order valence-corrected chi connectivity index (χ0v) is 17.4. The number of carbonyl (C=O) groups is 1. The van der Waals surface area contributed by atoms with Gasteiger partial charge in [-0.2, -0.15) is 0 Å². The molecule has 0 radical (unpaired) electrons. The van der Waals surface area contributed by atoms with Crippen molar-refractivity contribution in [1.82, 2.24) is 20.2 Å². The Bertz CT molecular complexity index is 1290. The van der Waals surface area contributed by atoms with Gasteiger partial charge in [0.15, 0.2) is 5.69 Å². The summed E-state index contributed by atoms with van der Waals surface area (Å²) in [6.45, 7) is 2.32. The van der Waals surface area contributed by atoms with Crippen LogP contribution in [0.15, 0.2) is 36.4 Å². The Morgan fingerprint density at radius 1 is 1.13 bits per heavy atom. The van der Waals surface area contributed by atoms with Crippen molar-refractivity contribution in [2.75, 3.05) is 11.1 Å². The molecule has 1 saturated carbocycles. The Balaban J connectivity index is 1.50. The summed E-state index contributed by atoms with van der Waals surface area (Å²) in [5.74, 6) is 0.927. The lowest BCUT2D eigenvalue weighted by atomic mass is 9.87. The number of nitrogens with two attached hydrogens (primary N) is 2. The van der Waals surface area contributed by atoms with Crippen molar-refractivity contribution >= 4 is 39.5 Å². The summed E-state index contributed by atoms with van der Waals surface area (Å²) >= 11 is 0. The molecule has 1 fully saturated rings. The molecule has 2 heterocycles. The third kappa shape index (κ3) is 3.54. The molecule has 31 heavy (non-hydrogen) atoms. The van der Waals surface area contributed by atoms with Gasteiger partial charge in [-0.05, 0) is 49.3 Å². The minimum atomic E-state index is -0.691. The highest BCUT2D eigenvalue weighted by Gasteiger charge is 2.19. The molecule has 0 spiro atoms. The van der Waals surface area contributed by atoms with Gasteiger partial charge in [-0.25, -0.2) is 4.98 Å². The van der Waals surface area contributed by atoms with Crippen molar-refractivity contribution in [2.24, 2.45) is 11.7 Å². The summed E-state index contributed by atoms with van der Waals surface area (Å²) in [6, 6.07) is 12.2. The molecule has 0 atom stereocenters. The van der Waals surface area contributed by atoms with E-state index in [0.717, 1.165) is 34.0 Å². The molecule has 0 unspecified atom stereocenters. The van der Waals surface area contributed by atoms with Crippen LogP contribution < -0.4 is 16.8 Å². The number of amides is 1. The van der Waals surface area contributed by atoms with Crippen LogP contribution in [0.2, 0.25) is 0 Å². The number of nitrogens with zero attached hydrogens (tertiary/aromatic N) is 3. The number of imidazole rings is 1. The lowest BCUT2D eigenvalue weighted by Gasteiger charge is -2.26. The first-order valence-corrected chi connectivity index (χ1v) is 10.6. The normalized spacial score (nSPS) is 19.0. The maximum Gasteiger partial charge on any atom is 0.271 e. The van der Waals surface area contributed by atoms with Crippen LogP contribution in [0, 0.1) is 5.92 Å². The topological polar surface area (TPSA) is 136 Å². The molecular weight excluding hydrogens is 390 g/mol. The quantitative estimate of drug-likeness (QED) is 0.400. The molecule has 6 N–H and O–H groups in total. The predicted molar refractivity (Wildman–Crippen MR) is 123 cm³/mol. The molecule has 2 aromatic carbocycles. The number of carbonyl (C=O) groups excluding carboxylic acids is 1. The second-order valence-corrected chi connectivity index (χ2v) is 8.45. The van der Waals surface area contributed by atoms with Crippen LogP contribution in [0.4, 0.5) is 11.6 Å². The lowest BCUT2D eigenvalue weighted by Crippen LogP contribution is -2.25. The average molecular weight is 416 g/mol. The zero-order chi connectivity index (χ0) is 21.5. The van der Waals surface area contributed by atoms with Crippen LogP contribution in [-0.2, 0) is 0 Å². The van der Waals surface area contributed by atoms with E-state index < -0.39 is 5.91 Å². The highest BCUT2D eigenvalue weighted by Crippen LogP contribution is 2.32. The first-order chi connectivity index (χ1) is 15.0. The van der Waals surface area contributed by atoms with Gasteiger partial charge >= 0.3 is 0 Å². The predicted octanol–water partition coefficient (Wildman–Crippen LogP) is 3.84. The highest BCUT2D eigenvalue weighted by atomic mass is 16.1. The number of anilines is 2. The van der Waals surface area contributed by atoms with E-state index in [9.17, 15) is 4.79 Å². The maximum absolute atomic E-state index is 11.6. The van der Waals surface area contributed by atoms with Gasteiger partial charge < -0.3 is 21.8 Å². The van der Waals surface area contributed by atoms with Crippen LogP contribution in [0.25, 0.3) is 33.1 Å². The van der Waals surface area contributed by atoms with Crippen LogP contribution in [0.1, 0.15) is 43.1 Å². The molecule has 1 aliphatic rings. The minimum Gasteiger partial charge on any atom is -0.396 e. The van der Waals surface area contributed by atoms with Gasteiger partial charge in [0.1, 0.15) is 5.52 Å². The van der Waals surface area contributed by atoms with Gasteiger partial charge in [0.2, 0.25) is 5.95 Å². The number of primary amides is 1. The number of aromatic amines is 1. The molecule has 2 aromatic heterocycles. The number of nitrogen functional groups attached to an aromatic ring is 1. The monoisotopic (exact) mass is 415 g/mol. The summed E-state index contributed by atoms with van der Waals surface area (Å²) in [5.41, 5.74) is 16.0. The van der Waals surface area contributed by atoms with Gasteiger partial charge in [-0.1, -0.05) is 31.2 Å². The molecule has 5 rings (SSSR count). The van der Waals surface area contributed by atoms with E-state index in [1.807, 2.05) is 36.4 Å². The van der Waals surface area contributed by atoms with Crippen molar-refractivity contribution in [3.05, 3.63) is 42.1 Å². The fourth-order valence-electron chi connectivity index (χ4n) is 4.41. The van der Waals surface area contributed by atoms with Crippen molar-refractivity contribution < 1.29 is 4.79 Å². The number of hydrogen-bond donors (Lipinski definition) is 4. The molecule has 1 amide bonds. The summed E-state index contributed by atoms with van der Waals surface area (Å²) in [5, 5.41) is 12.4. The van der Waals surface area contributed by atoms with E-state index in [-0.39, 0.29) is 11.4 Å². The molecule has 0 saturated heterocycles. The SMILES string of the molecule is CC1CCC(Nc2nc3ccc(-c4cccc5c(N)c(C(N)=O)nnc45)cc3[nH]2)CC1. The number of nitrogens with one attached hydrogen (secondary N) is 2. The Morgan fingerprint density at radius 3 is 2.71 bits per heavy atom. The Kier molecular flexibility index (Phi) is 4.69. The largest absolute Gasteiger partial charge is 0.396 e. The number of hydrogen-bond acceptors (Lipinski definition) is 6. The molecular formula is C23H25N7O. The van der Waals surface area contributed by atoms with Crippen molar-refractivity contribution in [3.63, 3.8) is 0 Å². The second-order valence-electron chi connectivity index (χ2n) is 8.45. The van der Waals surface area contributed by atoms with Crippen LogP contribution in [-0.4, -0.2) is 32.1 Å². The van der Waals surface area contributed by atoms with Crippen LogP contribution in [0.3, 0.4) is 0 Å². The fraction of sp³-hybridized carbons (Fsp3) is 0.304. The summed E-state index contributed by atoms with van der Waals surface area (Å²) in [6.07, 6.45) is 4.86. The second kappa shape index (κ2) is 7.54. The highest BCUT2D eigenvalue weighted by molar-refractivity contribution is 6.07. The van der Waals surface area contributed by atoms with E-state index in [2.05, 4.69) is 27.4 Å². The first kappa shape index (κ1) is 19.3. The van der Waals surface area contributed by atoms with Crippen molar-refractivity contribution in [1.29, 1.82) is 0 Å². The Hall–Kier alpha value is -3.68. The molecule has 8 nitrogen and oxygen atoms in total. The Morgan fingerprint density at radius 2 is 1.94 bits per heavy atom. The maximum atomic E-state index is 11.6. The van der Waals surface area contributed by atoms with Gasteiger partial charge in [-0.15, -0.1) is 10.2 Å². The molecule has 0 bridgehead atoms. The molecule has 8 heteroatoms. The van der Waals surface area contributed by atoms with Gasteiger partial charge in [0.05, 0.1) is 16.7 Å². The fourth-order valence-corrected chi connectivity index (χ4v) is 4.41. The number of benzene rings is 2. The van der Waals surface area contributed by atoms with E-state index in [0.29, 0.717) is 16.9 Å². The van der Waals surface area contributed by atoms with E-state index >= 15 is 0 Å². The van der Waals surface area contributed by atoms with E-state index in [1.165, 1.54) is 25.7 Å². The third-order valence-electron chi connectivity index (χ3n) is 6.21. The molecule has 1 aliphatic carbocycles. The van der Waals surface area contributed by atoms with Crippen molar-refractivity contribution in [3.8, 4) is 11.1 Å². The lowest BCUT2D eigenvalue weighted by molar-refractivity contribution is 0.0996. The number of rotatable bonds is 4. The van der Waals surface area contributed by atoms with Crippen molar-refractivity contribution in [2.45, 2.75) is 38.6 Å². The minimum absolute atomic E-state index is 0.0125. The zero-order valence-electron chi connectivity index (χ0n) is 17.4. The van der Waals surface area contributed by atoms with E-state index in [1.54, 1.807) is 0 Å². The van der Waals surface area contributed by atoms with E-state index in [4.69, 9.17) is 16.5 Å². The summed E-state index contributed by atoms with van der Waals surface area (Å²) in [4.78, 5) is 19.7. The molecule has 0 aliphatic heterocycles. The molecule has 158 valence electrons. The standard InChI is InChI=1S/C23H25N7O/c1-12-5-8-14(9-6-12)26-23-27-17-10-7-13(11-18(17)28-23)15-3-2-4-16-19(24)21(22(25)31)30-29-20(15)16/h2-4,7,10-12,14H,5-6,8-9H2,1H3,(H2,24,29)(H2,25,31)(H2,26,27,28). The molecule has 4 aromatic rings. The van der Waals surface area contributed by atoms with Gasteiger partial charge in [-0.3, -0.25) is 4.79 Å². The number of fused-ring (bicyclic) bond motifs is 2. The third-order valence-corrected chi connectivity index (χ3v) is 6.21. The van der Waals surface area contributed by atoms with Crippen LogP contribution in [0.5, 0.6) is 0 Å². The Labute approximate surface area is 179 Å². The number of H-pyrrole nitrogens is 1. The van der Waals surface area contributed by atoms with Gasteiger partial charge in [0.25, 0.3) is 5.91 Å². The average Bonchev–Trinajstić information content (AvgIpc) is 3.16. The summed E-state index contributed by atoms with van der Waals surface area (Å²) < 4.78 is 0. The summed E-state index contributed by atoms with van der Waals surface area (Å²) in [7, 11) is 0.